The number of hydrogen-bond donors (Lipinski definition) is 1. The van der Waals surface area contributed by atoms with Crippen LogP contribution < -0.4 is 58.2 Å². The van der Waals surface area contributed by atoms with E-state index in [4.69, 9.17) is 4.55 Å². The first kappa shape index (κ1) is 14.7. The van der Waals surface area contributed by atoms with Gasteiger partial charge in [-0.1, -0.05) is 30.3 Å². The molecule has 1 aromatic rings. The molecule has 72 valence electrons. The van der Waals surface area contributed by atoms with E-state index in [1.54, 1.807) is 31.2 Å². The molecule has 14 heavy (non-hydrogen) atoms. The largest absolute Gasteiger partial charge is 1.00 e. The maximum atomic E-state index is 10.5. The summed E-state index contributed by atoms with van der Waals surface area (Å²) in [5.41, 5.74) is 1.29. The minimum atomic E-state index is -4.03. The van der Waals surface area contributed by atoms with Gasteiger partial charge in [0.05, 0.1) is 5.41 Å². The Hall–Kier alpha value is 0.675. The van der Waals surface area contributed by atoms with Crippen LogP contribution >= 0.6 is 0 Å². The smallest absolute Gasteiger partial charge is 1.00 e. The Labute approximate surface area is 134 Å². The molecule has 0 fully saturated rings. The molecule has 0 aliphatic carbocycles. The van der Waals surface area contributed by atoms with Gasteiger partial charge in [-0.05, 0) is 18.1 Å². The second kappa shape index (κ2) is 6.30. The van der Waals surface area contributed by atoms with Gasteiger partial charge >= 0.3 is 58.2 Å². The Morgan fingerprint density at radius 2 is 1.86 bits per heavy atom. The van der Waals surface area contributed by atoms with Crippen molar-refractivity contribution in [1.82, 2.24) is 0 Å². The van der Waals surface area contributed by atoms with Crippen molar-refractivity contribution in [3.63, 3.8) is 0 Å². The Kier molecular flexibility index (Phi) is 6.60. The summed E-state index contributed by atoms with van der Waals surface area (Å²) in [5, 5.41) is 0.836. The van der Waals surface area contributed by atoms with E-state index in [0.717, 1.165) is 11.0 Å². The van der Waals surface area contributed by atoms with Crippen molar-refractivity contribution < 1.29 is 72.6 Å². The molecule has 0 aliphatic rings. The predicted molar refractivity (Wildman–Crippen MR) is 52.8 cm³/mol. The van der Waals surface area contributed by atoms with Crippen LogP contribution in [0.25, 0.3) is 5.57 Å². The molecule has 1 aromatic carbocycles. The van der Waals surface area contributed by atoms with Gasteiger partial charge in [-0.15, -0.1) is 0 Å². The van der Waals surface area contributed by atoms with Gasteiger partial charge in [-0.2, -0.15) is 8.42 Å². The van der Waals surface area contributed by atoms with Crippen molar-refractivity contribution in [3.05, 3.63) is 41.3 Å². The molecule has 0 amide bonds. The molecule has 3 nitrogen and oxygen atoms in total. The van der Waals surface area contributed by atoms with Crippen LogP contribution in [0.3, 0.4) is 0 Å². The van der Waals surface area contributed by atoms with E-state index in [9.17, 15) is 8.42 Å². The van der Waals surface area contributed by atoms with Crippen LogP contribution in [0.2, 0.25) is 0 Å². The van der Waals surface area contributed by atoms with Crippen LogP contribution in [0.4, 0.5) is 0 Å². The Morgan fingerprint density at radius 1 is 1.36 bits per heavy atom. The molecule has 0 spiro atoms. The summed E-state index contributed by atoms with van der Waals surface area (Å²) in [4.78, 5) is 0. The minimum absolute atomic E-state index is 0. The first-order valence-electron chi connectivity index (χ1n) is 3.70. The maximum Gasteiger partial charge on any atom is 1.00 e. The van der Waals surface area contributed by atoms with E-state index in [-0.39, 0.29) is 59.6 Å². The van der Waals surface area contributed by atoms with Crippen molar-refractivity contribution in [1.29, 1.82) is 0 Å². The van der Waals surface area contributed by atoms with Crippen molar-refractivity contribution in [2.24, 2.45) is 0 Å². The maximum absolute atomic E-state index is 10.5. The molecule has 1 N–H and O–H groups in total. The standard InChI is InChI=1S/C9H10O3S.Rb.H/c1-8(7-13(10,11)12)9-5-3-2-4-6-9;;/h2-7H,1H3,(H,10,11,12);;/q;+1;-1. The molecule has 0 unspecified atom stereocenters. The molecule has 0 aliphatic heterocycles. The fourth-order valence-electron chi connectivity index (χ4n) is 0.992. The van der Waals surface area contributed by atoms with Gasteiger partial charge in [-0.3, -0.25) is 4.55 Å². The zero-order valence-electron chi connectivity index (χ0n) is 9.14. The van der Waals surface area contributed by atoms with Gasteiger partial charge in [0.15, 0.2) is 0 Å². The summed E-state index contributed by atoms with van der Waals surface area (Å²) in [6.07, 6.45) is 0. The van der Waals surface area contributed by atoms with Crippen molar-refractivity contribution in [3.8, 4) is 0 Å². The van der Waals surface area contributed by atoms with E-state index in [1.807, 2.05) is 6.07 Å². The van der Waals surface area contributed by atoms with Crippen LogP contribution in [0.15, 0.2) is 35.7 Å². The van der Waals surface area contributed by atoms with Crippen LogP contribution in [-0.4, -0.2) is 13.0 Å². The third-order valence-electron chi connectivity index (χ3n) is 1.55. The third-order valence-corrected chi connectivity index (χ3v) is 2.21. The van der Waals surface area contributed by atoms with E-state index >= 15 is 0 Å². The molecule has 0 heterocycles. The molecule has 0 bridgehead atoms. The fraction of sp³-hybridized carbons (Fsp3) is 0.111. The van der Waals surface area contributed by atoms with Crippen molar-refractivity contribution in [2.45, 2.75) is 6.92 Å². The Morgan fingerprint density at radius 3 is 2.29 bits per heavy atom. The Bertz CT molecular complexity index is 414. The molecule has 0 atom stereocenters. The summed E-state index contributed by atoms with van der Waals surface area (Å²) in [6, 6.07) is 8.99. The van der Waals surface area contributed by atoms with Crippen LogP contribution in [0.5, 0.6) is 0 Å². The van der Waals surface area contributed by atoms with E-state index < -0.39 is 10.1 Å². The van der Waals surface area contributed by atoms with Crippen LogP contribution in [0.1, 0.15) is 13.9 Å². The van der Waals surface area contributed by atoms with Gasteiger partial charge in [0.2, 0.25) is 0 Å². The molecular formula is C9H11O3RbS. The zero-order chi connectivity index (χ0) is 9.90. The summed E-state index contributed by atoms with van der Waals surface area (Å²) >= 11 is 0. The summed E-state index contributed by atoms with van der Waals surface area (Å²) in [5.74, 6) is 0. The van der Waals surface area contributed by atoms with Crippen molar-refractivity contribution in [2.75, 3.05) is 0 Å². The molecule has 0 aromatic heterocycles. The van der Waals surface area contributed by atoms with Gasteiger partial charge in [0.1, 0.15) is 0 Å². The van der Waals surface area contributed by atoms with Gasteiger partial charge < -0.3 is 1.43 Å². The first-order valence-corrected chi connectivity index (χ1v) is 5.20. The monoisotopic (exact) mass is 284 g/mol. The predicted octanol–water partition coefficient (Wildman–Crippen LogP) is -0.948. The summed E-state index contributed by atoms with van der Waals surface area (Å²) in [7, 11) is -4.03. The molecule has 0 radical (unpaired) electrons. The topological polar surface area (TPSA) is 54.4 Å². The summed E-state index contributed by atoms with van der Waals surface area (Å²) in [6.45, 7) is 1.63. The van der Waals surface area contributed by atoms with Crippen LogP contribution in [-0.2, 0) is 10.1 Å². The second-order valence-electron chi connectivity index (χ2n) is 2.68. The van der Waals surface area contributed by atoms with E-state index in [2.05, 4.69) is 0 Å². The van der Waals surface area contributed by atoms with Crippen molar-refractivity contribution >= 4 is 15.7 Å². The van der Waals surface area contributed by atoms with Gasteiger partial charge in [-0.25, -0.2) is 0 Å². The number of allylic oxidation sites excluding steroid dienone is 1. The zero-order valence-corrected chi connectivity index (χ0v) is 13.9. The molecule has 0 saturated heterocycles. The van der Waals surface area contributed by atoms with E-state index in [0.29, 0.717) is 5.57 Å². The molecule has 1 rings (SSSR count). The van der Waals surface area contributed by atoms with Gasteiger partial charge in [0.25, 0.3) is 10.1 Å². The van der Waals surface area contributed by atoms with E-state index in [1.165, 1.54) is 0 Å². The molecule has 5 heteroatoms. The minimum Gasteiger partial charge on any atom is -1.00 e. The van der Waals surface area contributed by atoms with Crippen LogP contribution in [0, 0.1) is 0 Å². The Balaban J connectivity index is 0. The molecular weight excluding hydrogens is 274 g/mol. The normalized spacial score (nSPS) is 12.0. The average Bonchev–Trinajstić information content (AvgIpc) is 2.03. The number of hydrogen-bond acceptors (Lipinski definition) is 2. The first-order chi connectivity index (χ1) is 5.99. The molecule has 0 saturated carbocycles. The van der Waals surface area contributed by atoms with Gasteiger partial charge in [0, 0.05) is 0 Å². The number of rotatable bonds is 2. The fourth-order valence-corrected chi connectivity index (χ4v) is 1.58. The quantitative estimate of drug-likeness (QED) is 0.713. The SMILES string of the molecule is CC(=CS(=O)(=O)O)c1ccccc1.[H-].[Rb+]. The summed E-state index contributed by atoms with van der Waals surface area (Å²) < 4.78 is 29.5. The number of benzene rings is 1. The third kappa shape index (κ3) is 5.53. The average molecular weight is 285 g/mol. The second-order valence-corrected chi connectivity index (χ2v) is 3.95.